The van der Waals surface area contributed by atoms with E-state index in [4.69, 9.17) is 16.1 Å². The number of nitrogens with zero attached hydrogens (tertiary/aromatic N) is 3. The van der Waals surface area contributed by atoms with Crippen molar-refractivity contribution in [2.24, 2.45) is 0 Å². The fourth-order valence-electron chi connectivity index (χ4n) is 2.00. The Morgan fingerprint density at radius 2 is 2.04 bits per heavy atom. The number of anilines is 1. The van der Waals surface area contributed by atoms with Crippen molar-refractivity contribution in [2.75, 3.05) is 5.32 Å². The SMILES string of the molecule is O=C(CCc1nc(-c2ccncc2)no1)Nc1cc(Cl)ccc1F. The molecule has 1 amide bonds. The second-order valence-electron chi connectivity index (χ2n) is 4.92. The zero-order valence-corrected chi connectivity index (χ0v) is 13.1. The van der Waals surface area contributed by atoms with Crippen LogP contribution in [0.1, 0.15) is 12.3 Å². The summed E-state index contributed by atoms with van der Waals surface area (Å²) in [4.78, 5) is 20.0. The van der Waals surface area contributed by atoms with Crippen molar-refractivity contribution in [1.82, 2.24) is 15.1 Å². The summed E-state index contributed by atoms with van der Waals surface area (Å²) in [5.41, 5.74) is 0.806. The van der Waals surface area contributed by atoms with E-state index in [9.17, 15) is 9.18 Å². The zero-order valence-electron chi connectivity index (χ0n) is 12.4. The Bertz CT molecular complexity index is 854. The van der Waals surface area contributed by atoms with E-state index < -0.39 is 5.82 Å². The number of benzene rings is 1. The monoisotopic (exact) mass is 346 g/mol. The van der Waals surface area contributed by atoms with E-state index in [1.54, 1.807) is 24.5 Å². The molecule has 122 valence electrons. The molecule has 0 aliphatic carbocycles. The Labute approximate surface area is 141 Å². The minimum atomic E-state index is -0.550. The Morgan fingerprint density at radius 1 is 1.25 bits per heavy atom. The second-order valence-corrected chi connectivity index (χ2v) is 5.36. The average Bonchev–Trinajstić information content (AvgIpc) is 3.06. The van der Waals surface area contributed by atoms with Crippen molar-refractivity contribution >= 4 is 23.2 Å². The molecule has 0 bridgehead atoms. The molecule has 0 aliphatic rings. The topological polar surface area (TPSA) is 80.9 Å². The zero-order chi connectivity index (χ0) is 16.9. The summed E-state index contributed by atoms with van der Waals surface area (Å²) in [5, 5.41) is 6.65. The van der Waals surface area contributed by atoms with Crippen LogP contribution >= 0.6 is 11.6 Å². The molecule has 0 aliphatic heterocycles. The number of rotatable bonds is 5. The van der Waals surface area contributed by atoms with Crippen LogP contribution in [0.5, 0.6) is 0 Å². The molecule has 3 rings (SSSR count). The first-order valence-corrected chi connectivity index (χ1v) is 7.47. The molecule has 0 radical (unpaired) electrons. The van der Waals surface area contributed by atoms with Crippen molar-refractivity contribution < 1.29 is 13.7 Å². The van der Waals surface area contributed by atoms with E-state index in [1.807, 2.05) is 0 Å². The van der Waals surface area contributed by atoms with Crippen LogP contribution in [-0.2, 0) is 11.2 Å². The van der Waals surface area contributed by atoms with Gasteiger partial charge in [0.25, 0.3) is 0 Å². The first-order valence-electron chi connectivity index (χ1n) is 7.10. The number of hydrogen-bond donors (Lipinski definition) is 1. The van der Waals surface area contributed by atoms with Crippen molar-refractivity contribution in [3.8, 4) is 11.4 Å². The summed E-state index contributed by atoms with van der Waals surface area (Å²) in [5.74, 6) is -0.178. The van der Waals surface area contributed by atoms with E-state index in [0.29, 0.717) is 16.7 Å². The van der Waals surface area contributed by atoms with Gasteiger partial charge in [0.1, 0.15) is 5.82 Å². The average molecular weight is 347 g/mol. The van der Waals surface area contributed by atoms with Crippen molar-refractivity contribution in [2.45, 2.75) is 12.8 Å². The largest absolute Gasteiger partial charge is 0.339 e. The van der Waals surface area contributed by atoms with Crippen molar-refractivity contribution in [3.63, 3.8) is 0 Å². The maximum absolute atomic E-state index is 13.6. The van der Waals surface area contributed by atoms with Crippen molar-refractivity contribution in [3.05, 3.63) is 59.5 Å². The van der Waals surface area contributed by atoms with E-state index in [0.717, 1.165) is 5.56 Å². The maximum atomic E-state index is 13.6. The van der Waals surface area contributed by atoms with Gasteiger partial charge in [-0.3, -0.25) is 9.78 Å². The molecule has 0 spiro atoms. The van der Waals surface area contributed by atoms with Gasteiger partial charge in [0, 0.05) is 35.8 Å². The minimum Gasteiger partial charge on any atom is -0.339 e. The van der Waals surface area contributed by atoms with E-state index in [1.165, 1.54) is 18.2 Å². The molecule has 0 fully saturated rings. The lowest BCUT2D eigenvalue weighted by atomic mass is 10.2. The van der Waals surface area contributed by atoms with Crippen LogP contribution < -0.4 is 5.32 Å². The van der Waals surface area contributed by atoms with Crippen LogP contribution in [0.4, 0.5) is 10.1 Å². The van der Waals surface area contributed by atoms with Crippen LogP contribution in [-0.4, -0.2) is 21.0 Å². The Hall–Kier alpha value is -2.80. The fourth-order valence-corrected chi connectivity index (χ4v) is 2.17. The Kier molecular flexibility index (Phi) is 4.81. The Balaban J connectivity index is 1.59. The number of carbonyl (C=O) groups excluding carboxylic acids is 1. The number of aryl methyl sites for hydroxylation is 1. The molecule has 1 N–H and O–H groups in total. The normalized spacial score (nSPS) is 10.6. The van der Waals surface area contributed by atoms with E-state index in [-0.39, 0.29) is 24.4 Å². The smallest absolute Gasteiger partial charge is 0.227 e. The summed E-state index contributed by atoms with van der Waals surface area (Å²) in [6, 6.07) is 7.46. The highest BCUT2D eigenvalue weighted by Gasteiger charge is 2.12. The summed E-state index contributed by atoms with van der Waals surface area (Å²) in [6.45, 7) is 0. The highest BCUT2D eigenvalue weighted by molar-refractivity contribution is 6.30. The predicted molar refractivity (Wildman–Crippen MR) is 85.9 cm³/mol. The summed E-state index contributed by atoms with van der Waals surface area (Å²) < 4.78 is 18.7. The molecule has 6 nitrogen and oxygen atoms in total. The summed E-state index contributed by atoms with van der Waals surface area (Å²) >= 11 is 5.78. The summed E-state index contributed by atoms with van der Waals surface area (Å²) in [7, 11) is 0. The number of carbonyl (C=O) groups is 1. The van der Waals surface area contributed by atoms with E-state index >= 15 is 0 Å². The first-order chi connectivity index (χ1) is 11.6. The molecule has 0 saturated carbocycles. The lowest BCUT2D eigenvalue weighted by molar-refractivity contribution is -0.116. The number of hydrogen-bond acceptors (Lipinski definition) is 5. The lowest BCUT2D eigenvalue weighted by Crippen LogP contribution is -2.13. The van der Waals surface area contributed by atoms with Gasteiger partial charge in [-0.2, -0.15) is 4.98 Å². The predicted octanol–water partition coefficient (Wildman–Crippen LogP) is 3.50. The number of aromatic nitrogens is 3. The van der Waals surface area contributed by atoms with Gasteiger partial charge in [0.2, 0.25) is 17.6 Å². The molecule has 8 heteroatoms. The van der Waals surface area contributed by atoms with Gasteiger partial charge in [-0.05, 0) is 30.3 Å². The van der Waals surface area contributed by atoms with Crippen LogP contribution in [0, 0.1) is 5.82 Å². The molecule has 0 unspecified atom stereocenters. The van der Waals surface area contributed by atoms with Crippen LogP contribution in [0.15, 0.2) is 47.2 Å². The number of nitrogens with one attached hydrogen (secondary N) is 1. The standard InChI is InChI=1S/C16H12ClFN4O2/c17-11-1-2-12(18)13(9-11)20-14(23)3-4-15-21-16(22-24-15)10-5-7-19-8-6-10/h1-2,5-9H,3-4H2,(H,20,23). The molecular formula is C16H12ClFN4O2. The van der Waals surface area contributed by atoms with Gasteiger partial charge in [-0.15, -0.1) is 0 Å². The number of pyridine rings is 1. The third kappa shape index (κ3) is 3.94. The van der Waals surface area contributed by atoms with Crippen LogP contribution in [0.25, 0.3) is 11.4 Å². The quantitative estimate of drug-likeness (QED) is 0.764. The second kappa shape index (κ2) is 7.18. The van der Waals surface area contributed by atoms with Gasteiger partial charge < -0.3 is 9.84 Å². The van der Waals surface area contributed by atoms with Crippen LogP contribution in [0.3, 0.4) is 0 Å². The minimum absolute atomic E-state index is 0.0375. The van der Waals surface area contributed by atoms with Gasteiger partial charge in [-0.1, -0.05) is 16.8 Å². The maximum Gasteiger partial charge on any atom is 0.227 e. The Morgan fingerprint density at radius 3 is 2.83 bits per heavy atom. The molecule has 3 aromatic rings. The third-order valence-corrected chi connectivity index (χ3v) is 3.41. The van der Waals surface area contributed by atoms with Crippen LogP contribution in [0.2, 0.25) is 5.02 Å². The van der Waals surface area contributed by atoms with Gasteiger partial charge in [0.15, 0.2) is 0 Å². The molecule has 24 heavy (non-hydrogen) atoms. The highest BCUT2D eigenvalue weighted by atomic mass is 35.5. The van der Waals surface area contributed by atoms with Gasteiger partial charge >= 0.3 is 0 Å². The molecule has 0 atom stereocenters. The number of amides is 1. The fraction of sp³-hybridized carbons (Fsp3) is 0.125. The third-order valence-electron chi connectivity index (χ3n) is 3.18. The van der Waals surface area contributed by atoms with E-state index in [2.05, 4.69) is 20.4 Å². The number of halogens is 2. The molecule has 2 heterocycles. The molecular weight excluding hydrogens is 335 g/mol. The highest BCUT2D eigenvalue weighted by Crippen LogP contribution is 2.20. The summed E-state index contributed by atoms with van der Waals surface area (Å²) in [6.07, 6.45) is 3.56. The van der Waals surface area contributed by atoms with Gasteiger partial charge in [-0.25, -0.2) is 4.39 Å². The molecule has 2 aromatic heterocycles. The first kappa shape index (κ1) is 16.1. The van der Waals surface area contributed by atoms with Crippen molar-refractivity contribution in [1.29, 1.82) is 0 Å². The van der Waals surface area contributed by atoms with Gasteiger partial charge in [0.05, 0.1) is 5.69 Å². The molecule has 1 aromatic carbocycles. The molecule has 0 saturated heterocycles. The lowest BCUT2D eigenvalue weighted by Gasteiger charge is -2.05.